The molecule has 1 aliphatic rings. The topological polar surface area (TPSA) is 15.3 Å². The highest BCUT2D eigenvalue weighted by Gasteiger charge is 2.18. The van der Waals surface area contributed by atoms with Gasteiger partial charge in [0.1, 0.15) is 5.82 Å². The lowest BCUT2D eigenvalue weighted by molar-refractivity contribution is 0.362. The van der Waals surface area contributed by atoms with E-state index in [1.165, 1.54) is 32.1 Å². The molecule has 0 spiro atoms. The molecule has 2 rings (SSSR count). The molecule has 0 radical (unpaired) electrons. The Balaban J connectivity index is 2.07. The van der Waals surface area contributed by atoms with Gasteiger partial charge in [0.2, 0.25) is 0 Å². The minimum atomic E-state index is -0.0982. The van der Waals surface area contributed by atoms with Gasteiger partial charge in [-0.25, -0.2) is 4.39 Å². The minimum Gasteiger partial charge on any atom is -0.374 e. The lowest BCUT2D eigenvalue weighted by Gasteiger charge is -2.30. The molecular formula is C17H27FN2. The number of hydrogen-bond donors (Lipinski definition) is 1. The van der Waals surface area contributed by atoms with Crippen LogP contribution >= 0.6 is 0 Å². The van der Waals surface area contributed by atoms with Crippen molar-refractivity contribution >= 4 is 5.69 Å². The Bertz CT molecular complexity index is 413. The lowest BCUT2D eigenvalue weighted by Crippen LogP contribution is -2.28. The molecule has 1 fully saturated rings. The summed E-state index contributed by atoms with van der Waals surface area (Å²) in [4.78, 5) is 2.24. The Hall–Kier alpha value is -1.09. The second-order valence-corrected chi connectivity index (χ2v) is 5.90. The monoisotopic (exact) mass is 278 g/mol. The van der Waals surface area contributed by atoms with Crippen LogP contribution < -0.4 is 10.2 Å². The molecule has 3 heteroatoms. The first kappa shape index (κ1) is 15.3. The Labute approximate surface area is 122 Å². The van der Waals surface area contributed by atoms with Crippen LogP contribution in [-0.4, -0.2) is 20.1 Å². The molecule has 0 bridgehead atoms. The van der Waals surface area contributed by atoms with Crippen molar-refractivity contribution in [3.8, 4) is 0 Å². The normalized spacial score (nSPS) is 16.4. The summed E-state index contributed by atoms with van der Waals surface area (Å²) in [5, 5.41) is 3.24. The molecule has 1 N–H and O–H groups in total. The van der Waals surface area contributed by atoms with E-state index in [0.717, 1.165) is 30.3 Å². The third kappa shape index (κ3) is 3.95. The quantitative estimate of drug-likeness (QED) is 0.847. The molecule has 0 unspecified atom stereocenters. The summed E-state index contributed by atoms with van der Waals surface area (Å²) < 4.78 is 14.0. The standard InChI is InChI=1S/C17H27FN2/c1-3-19-12-15-16(18)10-7-11-17(15)20(2)13-14-8-5-4-6-9-14/h7,10-11,14,19H,3-6,8-9,12-13H2,1-2H3. The van der Waals surface area contributed by atoms with E-state index < -0.39 is 0 Å². The summed E-state index contributed by atoms with van der Waals surface area (Å²) in [5.41, 5.74) is 1.84. The maximum absolute atomic E-state index is 14.0. The molecule has 20 heavy (non-hydrogen) atoms. The average molecular weight is 278 g/mol. The third-order valence-electron chi connectivity index (χ3n) is 4.31. The molecule has 2 nitrogen and oxygen atoms in total. The van der Waals surface area contributed by atoms with Gasteiger partial charge >= 0.3 is 0 Å². The Kier molecular flexibility index (Phi) is 5.84. The van der Waals surface area contributed by atoms with Gasteiger partial charge in [0.05, 0.1) is 0 Å². The lowest BCUT2D eigenvalue weighted by atomic mass is 9.89. The summed E-state index contributed by atoms with van der Waals surface area (Å²) in [7, 11) is 2.10. The summed E-state index contributed by atoms with van der Waals surface area (Å²) in [6.07, 6.45) is 6.73. The van der Waals surface area contributed by atoms with Crippen LogP contribution in [0.1, 0.15) is 44.6 Å². The van der Waals surface area contributed by atoms with Crippen molar-refractivity contribution < 1.29 is 4.39 Å². The highest BCUT2D eigenvalue weighted by Crippen LogP contribution is 2.28. The number of benzene rings is 1. The zero-order chi connectivity index (χ0) is 14.4. The van der Waals surface area contributed by atoms with Crippen LogP contribution in [0.3, 0.4) is 0 Å². The van der Waals surface area contributed by atoms with Gasteiger partial charge in [-0.1, -0.05) is 32.3 Å². The van der Waals surface area contributed by atoms with Gasteiger partial charge < -0.3 is 10.2 Å². The van der Waals surface area contributed by atoms with Crippen LogP contribution in [0, 0.1) is 11.7 Å². The van der Waals surface area contributed by atoms with Crippen LogP contribution in [0.2, 0.25) is 0 Å². The first-order valence-electron chi connectivity index (χ1n) is 7.91. The van der Waals surface area contributed by atoms with E-state index >= 15 is 0 Å². The summed E-state index contributed by atoms with van der Waals surface area (Å²) in [6, 6.07) is 5.42. The molecule has 0 aliphatic heterocycles. The van der Waals surface area contributed by atoms with E-state index in [4.69, 9.17) is 0 Å². The van der Waals surface area contributed by atoms with Crippen molar-refractivity contribution in [1.29, 1.82) is 0 Å². The van der Waals surface area contributed by atoms with Gasteiger partial charge in [-0.2, -0.15) is 0 Å². The fourth-order valence-corrected chi connectivity index (χ4v) is 3.19. The summed E-state index contributed by atoms with van der Waals surface area (Å²) >= 11 is 0. The van der Waals surface area contributed by atoms with Gasteiger partial charge in [0.25, 0.3) is 0 Å². The van der Waals surface area contributed by atoms with Gasteiger partial charge in [-0.05, 0) is 37.4 Å². The highest BCUT2D eigenvalue weighted by atomic mass is 19.1. The summed E-state index contributed by atoms with van der Waals surface area (Å²) in [5.74, 6) is 0.669. The van der Waals surface area contributed by atoms with Crippen LogP contribution in [0.15, 0.2) is 18.2 Å². The van der Waals surface area contributed by atoms with Gasteiger partial charge in [-0.15, -0.1) is 0 Å². The molecule has 112 valence electrons. The smallest absolute Gasteiger partial charge is 0.129 e. The van der Waals surface area contributed by atoms with E-state index in [2.05, 4.69) is 17.3 Å². The van der Waals surface area contributed by atoms with Crippen LogP contribution in [-0.2, 0) is 6.54 Å². The molecule has 1 aliphatic carbocycles. The number of nitrogens with zero attached hydrogens (tertiary/aromatic N) is 1. The van der Waals surface area contributed by atoms with Crippen molar-refractivity contribution in [2.24, 2.45) is 5.92 Å². The zero-order valence-electron chi connectivity index (χ0n) is 12.8. The highest BCUT2D eigenvalue weighted by molar-refractivity contribution is 5.53. The van der Waals surface area contributed by atoms with Crippen molar-refractivity contribution in [3.63, 3.8) is 0 Å². The molecule has 0 saturated heterocycles. The molecule has 1 aromatic rings. The van der Waals surface area contributed by atoms with Crippen molar-refractivity contribution in [3.05, 3.63) is 29.6 Å². The molecule has 0 heterocycles. The molecular weight excluding hydrogens is 251 g/mol. The maximum atomic E-state index is 14.0. The van der Waals surface area contributed by atoms with Crippen molar-refractivity contribution in [1.82, 2.24) is 5.32 Å². The van der Waals surface area contributed by atoms with Gasteiger partial charge in [-0.3, -0.25) is 0 Å². The minimum absolute atomic E-state index is 0.0982. The second kappa shape index (κ2) is 7.63. The van der Waals surface area contributed by atoms with Crippen LogP contribution in [0.4, 0.5) is 10.1 Å². The SMILES string of the molecule is CCNCc1c(F)cccc1N(C)CC1CCCCC1. The number of rotatable bonds is 6. The van der Waals surface area contributed by atoms with E-state index in [0.29, 0.717) is 6.54 Å². The van der Waals surface area contributed by atoms with E-state index in [1.54, 1.807) is 6.07 Å². The fraction of sp³-hybridized carbons (Fsp3) is 0.647. The number of hydrogen-bond acceptors (Lipinski definition) is 2. The third-order valence-corrected chi connectivity index (χ3v) is 4.31. The number of nitrogens with one attached hydrogen (secondary N) is 1. The Morgan fingerprint density at radius 2 is 2.00 bits per heavy atom. The molecule has 1 saturated carbocycles. The van der Waals surface area contributed by atoms with Crippen LogP contribution in [0.5, 0.6) is 0 Å². The Morgan fingerprint density at radius 3 is 2.70 bits per heavy atom. The predicted octanol–water partition coefficient (Wildman–Crippen LogP) is 3.95. The molecule has 1 aromatic carbocycles. The van der Waals surface area contributed by atoms with E-state index in [-0.39, 0.29) is 5.82 Å². The molecule has 0 aromatic heterocycles. The zero-order valence-corrected chi connectivity index (χ0v) is 12.8. The first-order valence-corrected chi connectivity index (χ1v) is 7.91. The van der Waals surface area contributed by atoms with Gasteiger partial charge in [0, 0.05) is 31.4 Å². The van der Waals surface area contributed by atoms with E-state index in [1.807, 2.05) is 19.1 Å². The van der Waals surface area contributed by atoms with Crippen molar-refractivity contribution in [2.45, 2.75) is 45.6 Å². The number of halogens is 1. The average Bonchev–Trinajstić information content (AvgIpc) is 2.47. The van der Waals surface area contributed by atoms with E-state index in [9.17, 15) is 4.39 Å². The van der Waals surface area contributed by atoms with Crippen LogP contribution in [0.25, 0.3) is 0 Å². The summed E-state index contributed by atoms with van der Waals surface area (Å²) in [6.45, 7) is 4.56. The maximum Gasteiger partial charge on any atom is 0.129 e. The number of anilines is 1. The molecule has 0 amide bonds. The second-order valence-electron chi connectivity index (χ2n) is 5.90. The fourth-order valence-electron chi connectivity index (χ4n) is 3.19. The predicted molar refractivity (Wildman–Crippen MR) is 83.6 cm³/mol. The van der Waals surface area contributed by atoms with Gasteiger partial charge in [0.15, 0.2) is 0 Å². The largest absolute Gasteiger partial charge is 0.374 e. The first-order chi connectivity index (χ1) is 9.72. The van der Waals surface area contributed by atoms with Crippen molar-refractivity contribution in [2.75, 3.05) is 25.0 Å². The molecule has 0 atom stereocenters. The Morgan fingerprint density at radius 1 is 1.25 bits per heavy atom.